The Hall–Kier alpha value is -8.67. The molecule has 7 aliphatic rings. The highest BCUT2D eigenvalue weighted by Gasteiger charge is 2.51. The van der Waals surface area contributed by atoms with E-state index in [4.69, 9.17) is 13.8 Å². The van der Waals surface area contributed by atoms with Crippen LogP contribution in [-0.4, -0.2) is 16.2 Å². The Morgan fingerprint density at radius 2 is 1.13 bits per heavy atom. The lowest BCUT2D eigenvalue weighted by Crippen LogP contribution is -2.37. The second-order valence-corrected chi connectivity index (χ2v) is 22.6. The first-order valence-electron chi connectivity index (χ1n) is 28.3. The SMILES string of the molecule is [2H]C([2H])([2H])c1cc(-n2c3ccccc3c3ccc(Oc4cccc(N5CN(c6cc(C)cc7c6C6c8cc(C)ccc8C7C7c8ccccc8C6c6ccccc67)c6ccccc65)c4)cc32)ncc1-c1ccc(C(C)(C)C)cc1. The highest BCUT2D eigenvalue weighted by molar-refractivity contribution is 6.09. The van der Waals surface area contributed by atoms with Crippen LogP contribution in [0.3, 0.4) is 0 Å². The van der Waals surface area contributed by atoms with Gasteiger partial charge >= 0.3 is 0 Å². The van der Waals surface area contributed by atoms with Crippen molar-refractivity contribution in [1.82, 2.24) is 9.55 Å². The molecule has 18 rings (SSSR count). The predicted molar refractivity (Wildman–Crippen MR) is 312 cm³/mol. The third kappa shape index (κ3) is 6.74. The summed E-state index contributed by atoms with van der Waals surface area (Å²) in [6.45, 7) is 9.29. The van der Waals surface area contributed by atoms with E-state index in [1.807, 2.05) is 42.5 Å². The zero-order valence-corrected chi connectivity index (χ0v) is 43.3. The molecule has 0 fully saturated rings. The summed E-state index contributed by atoms with van der Waals surface area (Å²) in [5.41, 5.74) is 23.5. The lowest BCUT2D eigenvalue weighted by Gasteiger charge is -2.51. The number of hydrogen-bond acceptors (Lipinski definition) is 4. The van der Waals surface area contributed by atoms with E-state index in [0.717, 1.165) is 38.7 Å². The van der Waals surface area contributed by atoms with Gasteiger partial charge in [0.1, 0.15) is 24.0 Å². The summed E-state index contributed by atoms with van der Waals surface area (Å²) >= 11 is 0. The third-order valence-corrected chi connectivity index (χ3v) is 17.1. The van der Waals surface area contributed by atoms with Crippen molar-refractivity contribution in [1.29, 1.82) is 0 Å². The largest absolute Gasteiger partial charge is 0.457 e. The van der Waals surface area contributed by atoms with Gasteiger partial charge in [0.25, 0.3) is 0 Å². The Labute approximate surface area is 449 Å². The van der Waals surface area contributed by atoms with Gasteiger partial charge in [0.15, 0.2) is 0 Å². The van der Waals surface area contributed by atoms with Crippen LogP contribution in [0, 0.1) is 20.7 Å². The van der Waals surface area contributed by atoms with Crippen molar-refractivity contribution in [3.05, 3.63) is 273 Å². The normalized spacial score (nSPS) is 18.5. The van der Waals surface area contributed by atoms with Crippen molar-refractivity contribution in [2.75, 3.05) is 16.5 Å². The molecule has 0 N–H and O–H groups in total. The molecule has 0 amide bonds. The molecule has 5 heteroatoms. The minimum absolute atomic E-state index is 0.0310. The predicted octanol–water partition coefficient (Wildman–Crippen LogP) is 18.0. The summed E-state index contributed by atoms with van der Waals surface area (Å²) in [6.07, 6.45) is 1.72. The average Bonchev–Trinajstić information content (AvgIpc) is 3.53. The van der Waals surface area contributed by atoms with Gasteiger partial charge in [-0.15, -0.1) is 0 Å². The first-order chi connectivity index (χ1) is 38.3. The highest BCUT2D eigenvalue weighted by Crippen LogP contribution is 2.66. The van der Waals surface area contributed by atoms with Crippen LogP contribution in [0.25, 0.3) is 38.8 Å². The van der Waals surface area contributed by atoms with Crippen molar-refractivity contribution in [2.24, 2.45) is 0 Å². The molecule has 2 aromatic heterocycles. The number of fused-ring (bicyclic) bond motifs is 4. The zero-order chi connectivity index (χ0) is 53.6. The monoisotopic (exact) mass is 985 g/mol. The number of ether oxygens (including phenoxy) is 1. The Morgan fingerprint density at radius 1 is 0.500 bits per heavy atom. The van der Waals surface area contributed by atoms with Crippen LogP contribution in [0.4, 0.5) is 22.7 Å². The minimum Gasteiger partial charge on any atom is -0.457 e. The summed E-state index contributed by atoms with van der Waals surface area (Å²) in [5.74, 6) is 2.48. The molecule has 4 bridgehead atoms. The maximum absolute atomic E-state index is 8.73. The Bertz CT molecular complexity index is 4270. The molecule has 6 aliphatic carbocycles. The molecule has 368 valence electrons. The molecule has 9 aromatic carbocycles. The van der Waals surface area contributed by atoms with Crippen LogP contribution < -0.4 is 14.5 Å². The fourth-order valence-corrected chi connectivity index (χ4v) is 13.8. The quantitative estimate of drug-likeness (QED) is 0.166. The Balaban J connectivity index is 0.804. The fraction of sp³-hybridized carbons (Fsp3) is 0.169. The van der Waals surface area contributed by atoms with Crippen LogP contribution in [0.15, 0.2) is 206 Å². The summed E-state index contributed by atoms with van der Waals surface area (Å²) in [6, 6.07) is 72.4. The highest BCUT2D eigenvalue weighted by atomic mass is 16.5. The molecule has 3 heterocycles. The van der Waals surface area contributed by atoms with Crippen molar-refractivity contribution in [3.63, 3.8) is 0 Å². The van der Waals surface area contributed by atoms with Crippen LogP contribution >= 0.6 is 0 Å². The van der Waals surface area contributed by atoms with Crippen molar-refractivity contribution < 1.29 is 8.85 Å². The first kappa shape index (κ1) is 41.7. The van der Waals surface area contributed by atoms with E-state index in [-0.39, 0.29) is 34.7 Å². The summed E-state index contributed by atoms with van der Waals surface area (Å²) < 4.78 is 35.1. The number of hydrogen-bond donors (Lipinski definition) is 0. The molecule has 2 atom stereocenters. The molecule has 0 saturated heterocycles. The summed E-state index contributed by atoms with van der Waals surface area (Å²) in [7, 11) is 0. The molecule has 0 saturated carbocycles. The van der Waals surface area contributed by atoms with Gasteiger partial charge in [0.05, 0.1) is 22.4 Å². The topological polar surface area (TPSA) is 33.5 Å². The van der Waals surface area contributed by atoms with E-state index in [0.29, 0.717) is 29.5 Å². The lowest BCUT2D eigenvalue weighted by molar-refractivity contribution is 0.483. The molecule has 11 aromatic rings. The number of para-hydroxylation sites is 3. The van der Waals surface area contributed by atoms with E-state index in [2.05, 4.69) is 201 Å². The maximum atomic E-state index is 8.73. The van der Waals surface area contributed by atoms with Gasteiger partial charge in [-0.3, -0.25) is 4.57 Å². The Kier molecular flexibility index (Phi) is 9.13. The van der Waals surface area contributed by atoms with Gasteiger partial charge in [-0.2, -0.15) is 0 Å². The average molecular weight is 986 g/mol. The van der Waals surface area contributed by atoms with Crippen molar-refractivity contribution in [3.8, 4) is 28.4 Å². The summed E-state index contributed by atoms with van der Waals surface area (Å²) in [5, 5.41) is 2.06. The van der Waals surface area contributed by atoms with Gasteiger partial charge in [-0.1, -0.05) is 160 Å². The van der Waals surface area contributed by atoms with E-state index in [1.54, 1.807) is 12.3 Å². The molecule has 76 heavy (non-hydrogen) atoms. The van der Waals surface area contributed by atoms with E-state index < -0.39 is 6.85 Å². The fourth-order valence-electron chi connectivity index (χ4n) is 13.8. The number of benzene rings is 9. The number of anilines is 4. The number of aryl methyl sites for hydroxylation is 3. The van der Waals surface area contributed by atoms with Crippen LogP contribution in [-0.2, 0) is 5.41 Å². The molecule has 0 spiro atoms. The van der Waals surface area contributed by atoms with E-state index in [1.165, 1.54) is 72.6 Å². The van der Waals surface area contributed by atoms with E-state index in [9.17, 15) is 0 Å². The van der Waals surface area contributed by atoms with Crippen LogP contribution in [0.2, 0.25) is 0 Å². The summed E-state index contributed by atoms with van der Waals surface area (Å²) in [4.78, 5) is 10.0. The van der Waals surface area contributed by atoms with E-state index >= 15 is 0 Å². The molecule has 0 radical (unpaired) electrons. The first-order valence-corrected chi connectivity index (χ1v) is 26.8. The molecule has 5 nitrogen and oxygen atoms in total. The van der Waals surface area contributed by atoms with Crippen LogP contribution in [0.1, 0.15) is 115 Å². The maximum Gasteiger partial charge on any atom is 0.137 e. The molecule has 1 aliphatic heterocycles. The van der Waals surface area contributed by atoms with Crippen molar-refractivity contribution in [2.45, 2.75) is 70.6 Å². The second kappa shape index (κ2) is 16.7. The Morgan fingerprint density at radius 3 is 1.87 bits per heavy atom. The number of pyridine rings is 1. The minimum atomic E-state index is -2.39. The number of aromatic nitrogens is 2. The van der Waals surface area contributed by atoms with Gasteiger partial charge in [-0.05, 0) is 147 Å². The standard InChI is InChI=1S/C71H58N4O/c1-42-26-32-56-57(34-42)70-67-54-21-9-7-19-52(54)66(53-20-8-10-22-55(53)67)68(56)58-35-43(2)36-64(69(58)70)74-41-73(61-24-13-14-25-62(61)74)47-16-15-17-48(38-47)76-49-31-33-51-50-18-11-12-23-60(50)75(63(51)39-49)65-37-44(3)59(40-72-65)45-27-29-46(30-28-45)71(4,5)6/h7-40,66-68,70H,41H2,1-6H3/i3D3. The number of nitrogens with zero attached hydrogens (tertiary/aromatic N) is 4. The second-order valence-electron chi connectivity index (χ2n) is 22.6. The van der Waals surface area contributed by atoms with Gasteiger partial charge < -0.3 is 14.5 Å². The lowest BCUT2D eigenvalue weighted by atomic mass is 9.52. The molecule has 2 unspecified atom stereocenters. The third-order valence-electron chi connectivity index (χ3n) is 17.1. The smallest absolute Gasteiger partial charge is 0.137 e. The molecular formula is C71H58N4O. The van der Waals surface area contributed by atoms with Gasteiger partial charge in [0.2, 0.25) is 0 Å². The zero-order valence-electron chi connectivity index (χ0n) is 46.3. The van der Waals surface area contributed by atoms with Gasteiger partial charge in [-0.25, -0.2) is 4.98 Å². The molecular weight excluding hydrogens is 925 g/mol. The van der Waals surface area contributed by atoms with Crippen LogP contribution in [0.5, 0.6) is 11.5 Å². The van der Waals surface area contributed by atoms with Gasteiger partial charge in [0, 0.05) is 73.8 Å². The van der Waals surface area contributed by atoms with Crippen molar-refractivity contribution >= 4 is 44.6 Å². The number of rotatable bonds is 6.